The molecule has 0 saturated carbocycles. The minimum atomic E-state index is -4.52. The van der Waals surface area contributed by atoms with Crippen molar-refractivity contribution in [2.24, 2.45) is 0 Å². The van der Waals surface area contributed by atoms with Gasteiger partial charge in [-0.05, 0) is 36.4 Å². The molecule has 5 nitrogen and oxygen atoms in total. The lowest BCUT2D eigenvalue weighted by molar-refractivity contribution is -0.137. The van der Waals surface area contributed by atoms with E-state index in [2.05, 4.69) is 17.2 Å². The molecule has 0 atom stereocenters. The molecule has 0 aliphatic carbocycles. The van der Waals surface area contributed by atoms with Crippen molar-refractivity contribution in [3.05, 3.63) is 66.2 Å². The SMILES string of the molecule is C=CC(=O)Nc1cccc(Nc2cccc(C(F)(F)F)c2)c1C(=O)O. The number of benzene rings is 2. The molecular weight excluding hydrogens is 337 g/mol. The van der Waals surface area contributed by atoms with Gasteiger partial charge in [0.05, 0.1) is 16.9 Å². The van der Waals surface area contributed by atoms with Crippen LogP contribution in [0.15, 0.2) is 55.1 Å². The van der Waals surface area contributed by atoms with Gasteiger partial charge in [-0.3, -0.25) is 4.79 Å². The van der Waals surface area contributed by atoms with Crippen molar-refractivity contribution in [1.82, 2.24) is 0 Å². The Morgan fingerprint density at radius 2 is 1.72 bits per heavy atom. The van der Waals surface area contributed by atoms with Gasteiger partial charge in [0.1, 0.15) is 5.56 Å². The maximum Gasteiger partial charge on any atom is 0.416 e. The second-order valence-electron chi connectivity index (χ2n) is 4.93. The monoisotopic (exact) mass is 350 g/mol. The number of aromatic carboxylic acids is 1. The van der Waals surface area contributed by atoms with E-state index >= 15 is 0 Å². The molecule has 3 N–H and O–H groups in total. The fourth-order valence-corrected chi connectivity index (χ4v) is 2.10. The first-order valence-electron chi connectivity index (χ1n) is 6.96. The number of rotatable bonds is 5. The third-order valence-corrected chi connectivity index (χ3v) is 3.19. The van der Waals surface area contributed by atoms with Crippen LogP contribution in [0.4, 0.5) is 30.2 Å². The number of carboxylic acids is 1. The normalized spacial score (nSPS) is 10.8. The zero-order valence-corrected chi connectivity index (χ0v) is 12.7. The molecule has 8 heteroatoms. The average molecular weight is 350 g/mol. The quantitative estimate of drug-likeness (QED) is 0.704. The highest BCUT2D eigenvalue weighted by Crippen LogP contribution is 2.33. The van der Waals surface area contributed by atoms with Gasteiger partial charge < -0.3 is 15.7 Å². The van der Waals surface area contributed by atoms with Crippen LogP contribution in [0.2, 0.25) is 0 Å². The number of nitrogens with one attached hydrogen (secondary N) is 2. The van der Waals surface area contributed by atoms with E-state index in [1.807, 2.05) is 0 Å². The van der Waals surface area contributed by atoms with E-state index in [1.54, 1.807) is 0 Å². The third kappa shape index (κ3) is 4.37. The van der Waals surface area contributed by atoms with Gasteiger partial charge in [-0.25, -0.2) is 4.79 Å². The Morgan fingerprint density at radius 1 is 1.08 bits per heavy atom. The highest BCUT2D eigenvalue weighted by atomic mass is 19.4. The standard InChI is InChI=1S/C17H13F3N2O3/c1-2-14(23)22-13-8-4-7-12(15(13)16(24)25)21-11-6-3-5-10(9-11)17(18,19)20/h2-9,21H,1H2,(H,22,23)(H,24,25). The maximum absolute atomic E-state index is 12.8. The first-order valence-corrected chi connectivity index (χ1v) is 6.96. The molecule has 0 fully saturated rings. The van der Waals surface area contributed by atoms with Crippen molar-refractivity contribution >= 4 is 28.9 Å². The minimum absolute atomic E-state index is 0.00521. The van der Waals surface area contributed by atoms with Gasteiger partial charge in [0.25, 0.3) is 0 Å². The lowest BCUT2D eigenvalue weighted by Gasteiger charge is -2.15. The second kappa shape index (κ2) is 7.08. The molecule has 0 aromatic heterocycles. The number of carbonyl (C=O) groups is 2. The van der Waals surface area contributed by atoms with E-state index in [4.69, 9.17) is 0 Å². The summed E-state index contributed by atoms with van der Waals surface area (Å²) in [6.45, 7) is 3.27. The lowest BCUT2D eigenvalue weighted by atomic mass is 10.1. The molecule has 0 saturated heterocycles. The highest BCUT2D eigenvalue weighted by Gasteiger charge is 2.30. The Kier molecular flexibility index (Phi) is 5.11. The first kappa shape index (κ1) is 18.1. The molecule has 2 aromatic rings. The van der Waals surface area contributed by atoms with E-state index < -0.39 is 23.6 Å². The van der Waals surface area contributed by atoms with Crippen LogP contribution >= 0.6 is 0 Å². The smallest absolute Gasteiger partial charge is 0.416 e. The number of halogens is 3. The van der Waals surface area contributed by atoms with Gasteiger partial charge >= 0.3 is 12.1 Å². The van der Waals surface area contributed by atoms with Crippen molar-refractivity contribution in [3.63, 3.8) is 0 Å². The summed E-state index contributed by atoms with van der Waals surface area (Å²) in [5.74, 6) is -1.96. The molecule has 0 heterocycles. The molecule has 0 radical (unpaired) electrons. The largest absolute Gasteiger partial charge is 0.478 e. The van der Waals surface area contributed by atoms with Gasteiger partial charge in [-0.15, -0.1) is 0 Å². The molecular formula is C17H13F3N2O3. The molecule has 25 heavy (non-hydrogen) atoms. The molecule has 0 aliphatic heterocycles. The van der Waals surface area contributed by atoms with Crippen LogP contribution in [0.3, 0.4) is 0 Å². The third-order valence-electron chi connectivity index (χ3n) is 3.19. The summed E-state index contributed by atoms with van der Waals surface area (Å²) >= 11 is 0. The number of carboxylic acid groups (broad SMARTS) is 1. The fraction of sp³-hybridized carbons (Fsp3) is 0.0588. The molecule has 0 bridgehead atoms. The van der Waals surface area contributed by atoms with E-state index in [0.717, 1.165) is 18.2 Å². The van der Waals surface area contributed by atoms with Crippen molar-refractivity contribution in [2.75, 3.05) is 10.6 Å². The fourth-order valence-electron chi connectivity index (χ4n) is 2.10. The molecule has 130 valence electrons. The molecule has 0 spiro atoms. The van der Waals surface area contributed by atoms with Gasteiger partial charge in [-0.1, -0.05) is 18.7 Å². The van der Waals surface area contributed by atoms with E-state index in [-0.39, 0.29) is 22.6 Å². The first-order chi connectivity index (χ1) is 11.7. The predicted octanol–water partition coefficient (Wildman–Crippen LogP) is 4.27. The summed E-state index contributed by atoms with van der Waals surface area (Å²) in [6.07, 6.45) is -3.55. The molecule has 0 unspecified atom stereocenters. The second-order valence-corrected chi connectivity index (χ2v) is 4.93. The van der Waals surface area contributed by atoms with Crippen LogP contribution < -0.4 is 10.6 Å². The number of anilines is 3. The summed E-state index contributed by atoms with van der Waals surface area (Å²) in [5, 5.41) is 14.4. The zero-order chi connectivity index (χ0) is 18.6. The number of hydrogen-bond donors (Lipinski definition) is 3. The summed E-state index contributed by atoms with van der Waals surface area (Å²) in [7, 11) is 0. The number of hydrogen-bond acceptors (Lipinski definition) is 3. The molecule has 0 aliphatic rings. The van der Waals surface area contributed by atoms with E-state index in [0.29, 0.717) is 0 Å². The van der Waals surface area contributed by atoms with Crippen LogP contribution in [-0.2, 0) is 11.0 Å². The molecule has 2 rings (SSSR count). The Balaban J connectivity index is 2.43. The summed E-state index contributed by atoms with van der Waals surface area (Å²) < 4.78 is 38.3. The van der Waals surface area contributed by atoms with Crippen LogP contribution in [0, 0.1) is 0 Å². The van der Waals surface area contributed by atoms with Gasteiger partial charge in [-0.2, -0.15) is 13.2 Å². The van der Waals surface area contributed by atoms with Crippen molar-refractivity contribution in [1.29, 1.82) is 0 Å². The van der Waals surface area contributed by atoms with E-state index in [1.165, 1.54) is 30.3 Å². The Morgan fingerprint density at radius 3 is 2.32 bits per heavy atom. The van der Waals surface area contributed by atoms with Gasteiger partial charge in [0.2, 0.25) is 5.91 Å². The van der Waals surface area contributed by atoms with E-state index in [9.17, 15) is 27.9 Å². The number of carbonyl (C=O) groups excluding carboxylic acids is 1. The topological polar surface area (TPSA) is 78.4 Å². The van der Waals surface area contributed by atoms with Crippen LogP contribution in [0.25, 0.3) is 0 Å². The zero-order valence-electron chi connectivity index (χ0n) is 12.7. The minimum Gasteiger partial charge on any atom is -0.478 e. The van der Waals surface area contributed by atoms with Crippen molar-refractivity contribution in [2.45, 2.75) is 6.18 Å². The molecule has 2 aromatic carbocycles. The predicted molar refractivity (Wildman–Crippen MR) is 87.0 cm³/mol. The Hall–Kier alpha value is -3.29. The lowest BCUT2D eigenvalue weighted by Crippen LogP contribution is -2.13. The maximum atomic E-state index is 12.8. The summed E-state index contributed by atoms with van der Waals surface area (Å²) in [6, 6.07) is 8.55. The Labute approximate surface area is 140 Å². The Bertz CT molecular complexity index is 832. The number of amides is 1. The van der Waals surface area contributed by atoms with Crippen LogP contribution in [0.1, 0.15) is 15.9 Å². The van der Waals surface area contributed by atoms with Crippen LogP contribution in [0.5, 0.6) is 0 Å². The van der Waals surface area contributed by atoms with Crippen molar-refractivity contribution in [3.8, 4) is 0 Å². The van der Waals surface area contributed by atoms with Gasteiger partial charge in [0.15, 0.2) is 0 Å². The number of alkyl halides is 3. The summed E-state index contributed by atoms with van der Waals surface area (Å²) in [4.78, 5) is 22.9. The van der Waals surface area contributed by atoms with Crippen molar-refractivity contribution < 1.29 is 27.9 Å². The van der Waals surface area contributed by atoms with Crippen LogP contribution in [-0.4, -0.2) is 17.0 Å². The average Bonchev–Trinajstić information content (AvgIpc) is 2.54. The summed E-state index contributed by atoms with van der Waals surface area (Å²) in [5.41, 5.74) is -1.06. The molecule has 1 amide bonds. The highest BCUT2D eigenvalue weighted by molar-refractivity contribution is 6.07. The van der Waals surface area contributed by atoms with Gasteiger partial charge in [0, 0.05) is 5.69 Å².